The molecule has 0 amide bonds. The van der Waals surface area contributed by atoms with Crippen LogP contribution in [0.5, 0.6) is 0 Å². The second-order valence-electron chi connectivity index (χ2n) is 5.82. The molecule has 1 aromatic rings. The minimum atomic E-state index is -1.12. The topological polar surface area (TPSA) is 93.1 Å². The van der Waals surface area contributed by atoms with E-state index < -0.39 is 23.3 Å². The molecule has 2 rings (SSSR count). The van der Waals surface area contributed by atoms with Crippen LogP contribution in [0, 0.1) is 0 Å². The van der Waals surface area contributed by atoms with Crippen molar-refractivity contribution in [1.29, 1.82) is 0 Å². The summed E-state index contributed by atoms with van der Waals surface area (Å²) >= 11 is 7.20. The molecule has 1 fully saturated rings. The number of carbonyl (C=O) groups is 3. The van der Waals surface area contributed by atoms with Crippen molar-refractivity contribution in [2.75, 3.05) is 27.3 Å². The van der Waals surface area contributed by atoms with Crippen molar-refractivity contribution in [3.05, 3.63) is 46.5 Å². The van der Waals surface area contributed by atoms with Crippen LogP contribution < -0.4 is 0 Å². The molecule has 0 spiro atoms. The van der Waals surface area contributed by atoms with Crippen LogP contribution in [-0.2, 0) is 19.1 Å². The van der Waals surface area contributed by atoms with Crippen LogP contribution in [0.2, 0.25) is 5.02 Å². The van der Waals surface area contributed by atoms with Crippen LogP contribution in [-0.4, -0.2) is 59.8 Å². The fraction of sp³-hybridized carbons (Fsp3) is 0.389. The Morgan fingerprint density at radius 3 is 2.59 bits per heavy atom. The van der Waals surface area contributed by atoms with Crippen LogP contribution >= 0.6 is 23.4 Å². The number of likely N-dealkylation sites (tertiary alicyclic amines) is 1. The summed E-state index contributed by atoms with van der Waals surface area (Å²) in [5.41, 5.74) is 1.10. The fourth-order valence-corrected chi connectivity index (χ4v) is 4.07. The largest absolute Gasteiger partial charge is 0.478 e. The summed E-state index contributed by atoms with van der Waals surface area (Å²) in [5, 5.41) is 8.78. The normalized spacial score (nSPS) is 20.1. The number of nitrogens with zero attached hydrogens (tertiary/aromatic N) is 1. The number of rotatable bonds is 5. The van der Waals surface area contributed by atoms with Gasteiger partial charge in [-0.25, -0.2) is 14.4 Å². The first-order valence-electron chi connectivity index (χ1n) is 8.11. The molecule has 2 atom stereocenters. The van der Waals surface area contributed by atoms with E-state index in [1.165, 1.54) is 14.2 Å². The van der Waals surface area contributed by atoms with Crippen molar-refractivity contribution in [3.8, 4) is 0 Å². The summed E-state index contributed by atoms with van der Waals surface area (Å²) in [5.74, 6) is -1.61. The number of thioether (sulfide) groups is 1. The number of carbonyl (C=O) groups excluding carboxylic acids is 2. The standard InChI is InChI=1S/C18H20ClNO6S/c1-25-17(23)16(12-5-3-4-6-13(12)19)20-8-7-14(27-18(24)26-2)11(10-20)9-15(21)22/h3-6,9,14,16H,7-8,10H2,1-2H3,(H,21,22)/b11-9-/t14?,16-/m0/s1. The molecule has 9 heteroatoms. The lowest BCUT2D eigenvalue weighted by Crippen LogP contribution is -2.43. The number of ether oxygens (including phenoxy) is 2. The molecule has 0 aromatic heterocycles. The van der Waals surface area contributed by atoms with Crippen LogP contribution in [0.15, 0.2) is 35.9 Å². The van der Waals surface area contributed by atoms with Gasteiger partial charge in [0.2, 0.25) is 0 Å². The number of carboxylic acids is 1. The highest BCUT2D eigenvalue weighted by atomic mass is 35.5. The van der Waals surface area contributed by atoms with Gasteiger partial charge in [-0.2, -0.15) is 0 Å². The average molecular weight is 414 g/mol. The predicted molar refractivity (Wildman–Crippen MR) is 102 cm³/mol. The Morgan fingerprint density at radius 1 is 1.30 bits per heavy atom. The van der Waals surface area contributed by atoms with E-state index in [9.17, 15) is 19.5 Å². The number of methoxy groups -OCH3 is 2. The van der Waals surface area contributed by atoms with Gasteiger partial charge < -0.3 is 14.6 Å². The van der Waals surface area contributed by atoms with Gasteiger partial charge in [0.15, 0.2) is 0 Å². The van der Waals surface area contributed by atoms with Crippen molar-refractivity contribution >= 4 is 40.6 Å². The molecule has 0 bridgehead atoms. The lowest BCUT2D eigenvalue weighted by Gasteiger charge is -2.37. The lowest BCUT2D eigenvalue weighted by molar-refractivity contribution is -0.147. The van der Waals surface area contributed by atoms with E-state index >= 15 is 0 Å². The van der Waals surface area contributed by atoms with Gasteiger partial charge in [0, 0.05) is 29.4 Å². The highest BCUT2D eigenvalue weighted by Gasteiger charge is 2.36. The van der Waals surface area contributed by atoms with E-state index in [2.05, 4.69) is 4.74 Å². The number of halogens is 1. The summed E-state index contributed by atoms with van der Waals surface area (Å²) in [7, 11) is 2.57. The van der Waals surface area contributed by atoms with Crippen molar-refractivity contribution in [3.63, 3.8) is 0 Å². The van der Waals surface area contributed by atoms with Crippen molar-refractivity contribution < 1.29 is 29.0 Å². The molecule has 1 N–H and O–H groups in total. The number of hydrogen-bond donors (Lipinski definition) is 1. The zero-order valence-electron chi connectivity index (χ0n) is 14.9. The zero-order chi connectivity index (χ0) is 20.0. The quantitative estimate of drug-likeness (QED) is 0.581. The first-order valence-corrected chi connectivity index (χ1v) is 9.37. The average Bonchev–Trinajstić information content (AvgIpc) is 2.64. The van der Waals surface area contributed by atoms with Crippen molar-refractivity contribution in [2.45, 2.75) is 17.7 Å². The van der Waals surface area contributed by atoms with Crippen LogP contribution in [0.25, 0.3) is 0 Å². The second-order valence-corrected chi connectivity index (χ2v) is 7.37. The number of hydrogen-bond acceptors (Lipinski definition) is 7. The lowest BCUT2D eigenvalue weighted by atomic mass is 9.98. The summed E-state index contributed by atoms with van der Waals surface area (Å²) in [6.45, 7) is 0.641. The molecule has 0 saturated carbocycles. The SMILES string of the molecule is COC(=O)SC1CCN([C@H](C(=O)OC)c2ccccc2Cl)C/C1=C/C(=O)O. The van der Waals surface area contributed by atoms with E-state index in [0.717, 1.165) is 17.8 Å². The molecule has 1 saturated heterocycles. The Morgan fingerprint density at radius 2 is 2.00 bits per heavy atom. The molecule has 0 radical (unpaired) electrons. The zero-order valence-corrected chi connectivity index (χ0v) is 16.5. The molecule has 1 aromatic carbocycles. The number of carboxylic acid groups (broad SMARTS) is 1. The van der Waals surface area contributed by atoms with E-state index in [4.69, 9.17) is 16.3 Å². The Bertz CT molecular complexity index is 753. The maximum absolute atomic E-state index is 12.5. The van der Waals surface area contributed by atoms with Crippen LogP contribution in [0.3, 0.4) is 0 Å². The molecule has 27 heavy (non-hydrogen) atoms. The van der Waals surface area contributed by atoms with Gasteiger partial charge in [0.25, 0.3) is 0 Å². The summed E-state index contributed by atoms with van der Waals surface area (Å²) < 4.78 is 9.61. The van der Waals surface area contributed by atoms with Gasteiger partial charge in [0.05, 0.1) is 14.2 Å². The van der Waals surface area contributed by atoms with E-state index in [-0.39, 0.29) is 11.8 Å². The summed E-state index contributed by atoms with van der Waals surface area (Å²) in [4.78, 5) is 37.1. The van der Waals surface area contributed by atoms with Crippen molar-refractivity contribution in [1.82, 2.24) is 4.90 Å². The Kier molecular flexibility index (Phi) is 7.70. The van der Waals surface area contributed by atoms with E-state index in [0.29, 0.717) is 29.1 Å². The molecule has 1 unspecified atom stereocenters. The molecule has 1 aliphatic rings. The fourth-order valence-electron chi connectivity index (χ4n) is 2.98. The van der Waals surface area contributed by atoms with Crippen LogP contribution in [0.1, 0.15) is 18.0 Å². The number of aliphatic carboxylic acids is 1. The minimum Gasteiger partial charge on any atom is -0.478 e. The molecule has 0 aliphatic carbocycles. The Hall–Kier alpha value is -2.03. The van der Waals surface area contributed by atoms with Crippen LogP contribution in [0.4, 0.5) is 4.79 Å². The Balaban J connectivity index is 2.33. The van der Waals surface area contributed by atoms with E-state index in [1.807, 2.05) is 0 Å². The monoisotopic (exact) mass is 413 g/mol. The third-order valence-corrected chi connectivity index (χ3v) is 5.71. The molecule has 146 valence electrons. The Labute approximate surface area is 166 Å². The summed E-state index contributed by atoms with van der Waals surface area (Å²) in [6, 6.07) is 6.17. The van der Waals surface area contributed by atoms with Gasteiger partial charge in [0.1, 0.15) is 6.04 Å². The number of benzene rings is 1. The minimum absolute atomic E-state index is 0.186. The molecular weight excluding hydrogens is 394 g/mol. The number of piperidine rings is 1. The van der Waals surface area contributed by atoms with Gasteiger partial charge >= 0.3 is 17.2 Å². The maximum Gasteiger partial charge on any atom is 0.367 e. The second kappa shape index (κ2) is 9.77. The third kappa shape index (κ3) is 5.47. The van der Waals surface area contributed by atoms with Gasteiger partial charge in [-0.3, -0.25) is 4.90 Å². The molecule has 7 nitrogen and oxygen atoms in total. The van der Waals surface area contributed by atoms with Gasteiger partial charge in [-0.05, 0) is 35.4 Å². The highest BCUT2D eigenvalue weighted by molar-refractivity contribution is 8.13. The summed E-state index contributed by atoms with van der Waals surface area (Å²) in [6.07, 6.45) is 1.55. The van der Waals surface area contributed by atoms with Crippen molar-refractivity contribution in [2.24, 2.45) is 0 Å². The maximum atomic E-state index is 12.5. The third-order valence-electron chi connectivity index (χ3n) is 4.18. The smallest absolute Gasteiger partial charge is 0.367 e. The van der Waals surface area contributed by atoms with Gasteiger partial charge in [-0.1, -0.05) is 29.8 Å². The first kappa shape index (κ1) is 21.3. The molecule has 1 aliphatic heterocycles. The molecular formula is C18H20ClNO6S. The molecule has 1 heterocycles. The highest BCUT2D eigenvalue weighted by Crippen LogP contribution is 2.35. The number of esters is 1. The first-order chi connectivity index (χ1) is 12.9. The van der Waals surface area contributed by atoms with Gasteiger partial charge in [-0.15, -0.1) is 0 Å². The predicted octanol–water partition coefficient (Wildman–Crippen LogP) is 3.14. The van der Waals surface area contributed by atoms with E-state index in [1.54, 1.807) is 29.2 Å².